The maximum Gasteiger partial charge on any atom is 0.317 e. The highest BCUT2D eigenvalue weighted by atomic mass is 16.2. The van der Waals surface area contributed by atoms with Crippen LogP contribution in [0.15, 0.2) is 0 Å². The van der Waals surface area contributed by atoms with Crippen LogP contribution in [0.4, 0.5) is 4.79 Å². The molecule has 2 aliphatic heterocycles. The van der Waals surface area contributed by atoms with Crippen LogP contribution in [0.1, 0.15) is 6.42 Å². The van der Waals surface area contributed by atoms with Crippen LogP contribution in [0.5, 0.6) is 0 Å². The van der Waals surface area contributed by atoms with Gasteiger partial charge in [0.1, 0.15) is 0 Å². The average molecular weight is 156 g/mol. The van der Waals surface area contributed by atoms with Gasteiger partial charge in [-0.1, -0.05) is 0 Å². The van der Waals surface area contributed by atoms with Gasteiger partial charge in [0, 0.05) is 5.92 Å². The molecule has 3 unspecified atom stereocenters. The third-order valence-electron chi connectivity index (χ3n) is 2.32. The van der Waals surface area contributed by atoms with E-state index in [4.69, 9.17) is 5.73 Å². The number of rotatable bonds is 0. The minimum absolute atomic E-state index is 0.0822. The van der Waals surface area contributed by atoms with E-state index < -0.39 is 0 Å². The predicted molar refractivity (Wildman–Crippen MR) is 39.5 cm³/mol. The molecule has 5 nitrogen and oxygen atoms in total. The van der Waals surface area contributed by atoms with Crippen molar-refractivity contribution < 1.29 is 4.79 Å². The lowest BCUT2D eigenvalue weighted by Gasteiger charge is -2.32. The van der Waals surface area contributed by atoms with Crippen LogP contribution in [0.3, 0.4) is 0 Å². The molecular formula is C6H12N4O. The second kappa shape index (κ2) is 2.35. The second-order valence-electron chi connectivity index (χ2n) is 3.03. The fourth-order valence-corrected chi connectivity index (χ4v) is 1.71. The Labute approximate surface area is 64.7 Å². The number of nitrogens with one attached hydrogen (secondary N) is 3. The van der Waals surface area contributed by atoms with Crippen LogP contribution in [-0.2, 0) is 0 Å². The van der Waals surface area contributed by atoms with E-state index in [0.29, 0.717) is 5.92 Å². The van der Waals surface area contributed by atoms with Gasteiger partial charge in [-0.2, -0.15) is 0 Å². The van der Waals surface area contributed by atoms with Gasteiger partial charge in [-0.05, 0) is 13.0 Å². The van der Waals surface area contributed by atoms with Crippen molar-refractivity contribution in [3.8, 4) is 0 Å². The Morgan fingerprint density at radius 3 is 3.09 bits per heavy atom. The maximum atomic E-state index is 10.9. The molecule has 0 spiro atoms. The molecule has 3 atom stereocenters. The molecule has 2 heterocycles. The molecule has 5 N–H and O–H groups in total. The number of carbonyl (C=O) groups is 1. The van der Waals surface area contributed by atoms with E-state index >= 15 is 0 Å². The van der Waals surface area contributed by atoms with E-state index in [1.807, 2.05) is 0 Å². The van der Waals surface area contributed by atoms with Gasteiger partial charge in [-0.3, -0.25) is 5.32 Å². The maximum absolute atomic E-state index is 10.9. The first-order valence-electron chi connectivity index (χ1n) is 3.83. The molecule has 2 fully saturated rings. The topological polar surface area (TPSA) is 79.2 Å². The molecule has 0 bridgehead atoms. The van der Waals surface area contributed by atoms with Gasteiger partial charge >= 0.3 is 6.03 Å². The molecule has 0 aromatic rings. The van der Waals surface area contributed by atoms with Crippen LogP contribution >= 0.6 is 0 Å². The van der Waals surface area contributed by atoms with Crippen molar-refractivity contribution in [3.05, 3.63) is 0 Å². The summed E-state index contributed by atoms with van der Waals surface area (Å²) in [6, 6.07) is -0.173. The van der Waals surface area contributed by atoms with Crippen LogP contribution < -0.4 is 21.7 Å². The minimum Gasteiger partial charge on any atom is -0.323 e. The van der Waals surface area contributed by atoms with E-state index in [0.717, 1.165) is 13.0 Å². The van der Waals surface area contributed by atoms with Crippen LogP contribution in [0, 0.1) is 5.92 Å². The van der Waals surface area contributed by atoms with Crippen LogP contribution in [0.25, 0.3) is 0 Å². The summed E-state index contributed by atoms with van der Waals surface area (Å²) >= 11 is 0. The Bertz CT molecular complexity index is 183. The van der Waals surface area contributed by atoms with Crippen molar-refractivity contribution in [1.29, 1.82) is 0 Å². The molecule has 0 saturated carbocycles. The molecule has 62 valence electrons. The standard InChI is InChI=1S/C6H12N4O/c7-4-3-1-2-8-5(3)10-6(11)9-4/h3-5,8H,1-2,7H2,(H2,9,10,11). The minimum atomic E-state index is -0.191. The Morgan fingerprint density at radius 1 is 1.45 bits per heavy atom. The van der Waals surface area contributed by atoms with E-state index in [9.17, 15) is 4.79 Å². The lowest BCUT2D eigenvalue weighted by molar-refractivity contribution is 0.197. The molecule has 0 aromatic heterocycles. The molecule has 2 aliphatic rings. The first-order valence-corrected chi connectivity index (χ1v) is 3.83. The molecule has 2 rings (SSSR count). The largest absolute Gasteiger partial charge is 0.323 e. The Balaban J connectivity index is 2.10. The monoisotopic (exact) mass is 156 g/mol. The summed E-state index contributed by atoms with van der Waals surface area (Å²) in [6.45, 7) is 0.936. The molecule has 0 aliphatic carbocycles. The number of nitrogens with two attached hydrogens (primary N) is 1. The first-order chi connectivity index (χ1) is 5.27. The van der Waals surface area contributed by atoms with Gasteiger partial charge in [0.25, 0.3) is 0 Å². The molecule has 0 radical (unpaired) electrons. The van der Waals surface area contributed by atoms with Crippen LogP contribution in [0.2, 0.25) is 0 Å². The molecule has 11 heavy (non-hydrogen) atoms. The number of amides is 2. The van der Waals surface area contributed by atoms with Crippen molar-refractivity contribution in [3.63, 3.8) is 0 Å². The Hall–Kier alpha value is -0.810. The lowest BCUT2D eigenvalue weighted by Crippen LogP contribution is -2.64. The van der Waals surface area contributed by atoms with E-state index in [-0.39, 0.29) is 18.4 Å². The van der Waals surface area contributed by atoms with Crippen molar-refractivity contribution >= 4 is 6.03 Å². The zero-order valence-corrected chi connectivity index (χ0v) is 6.13. The summed E-state index contributed by atoms with van der Waals surface area (Å²) in [5.41, 5.74) is 5.70. The van der Waals surface area contributed by atoms with E-state index in [2.05, 4.69) is 16.0 Å². The highest BCUT2D eigenvalue weighted by molar-refractivity contribution is 5.75. The van der Waals surface area contributed by atoms with E-state index in [1.54, 1.807) is 0 Å². The van der Waals surface area contributed by atoms with Crippen LogP contribution in [-0.4, -0.2) is 24.9 Å². The third kappa shape index (κ3) is 1.06. The summed E-state index contributed by atoms with van der Waals surface area (Å²) in [7, 11) is 0. The Morgan fingerprint density at radius 2 is 2.27 bits per heavy atom. The number of hydrogen-bond acceptors (Lipinski definition) is 3. The summed E-state index contributed by atoms with van der Waals surface area (Å²) in [5, 5.41) is 8.57. The normalized spacial score (nSPS) is 42.6. The van der Waals surface area contributed by atoms with Gasteiger partial charge in [0.05, 0.1) is 12.3 Å². The lowest BCUT2D eigenvalue weighted by atomic mass is 10.0. The molecule has 0 aromatic carbocycles. The number of hydrogen-bond donors (Lipinski definition) is 4. The number of urea groups is 1. The summed E-state index contributed by atoms with van der Waals surface area (Å²) < 4.78 is 0. The second-order valence-corrected chi connectivity index (χ2v) is 3.03. The van der Waals surface area contributed by atoms with Gasteiger partial charge in [0.15, 0.2) is 0 Å². The highest BCUT2D eigenvalue weighted by Crippen LogP contribution is 2.17. The van der Waals surface area contributed by atoms with Gasteiger partial charge in [-0.25, -0.2) is 4.79 Å². The van der Waals surface area contributed by atoms with Crippen molar-refractivity contribution in [2.75, 3.05) is 6.54 Å². The zero-order valence-electron chi connectivity index (χ0n) is 6.13. The molecule has 5 heteroatoms. The fourth-order valence-electron chi connectivity index (χ4n) is 1.71. The molecular weight excluding hydrogens is 144 g/mol. The van der Waals surface area contributed by atoms with Gasteiger partial charge < -0.3 is 16.4 Å². The van der Waals surface area contributed by atoms with Crippen molar-refractivity contribution in [1.82, 2.24) is 16.0 Å². The fraction of sp³-hybridized carbons (Fsp3) is 0.833. The Kier molecular flexibility index (Phi) is 1.47. The van der Waals surface area contributed by atoms with Crippen molar-refractivity contribution in [2.45, 2.75) is 18.8 Å². The third-order valence-corrected chi connectivity index (χ3v) is 2.32. The zero-order chi connectivity index (χ0) is 7.84. The summed E-state index contributed by atoms with van der Waals surface area (Å²) in [5.74, 6) is 0.340. The molecule has 2 amide bonds. The average Bonchev–Trinajstić information content (AvgIpc) is 2.34. The predicted octanol–water partition coefficient (Wildman–Crippen LogP) is -1.48. The van der Waals surface area contributed by atoms with E-state index in [1.165, 1.54) is 0 Å². The smallest absolute Gasteiger partial charge is 0.317 e. The summed E-state index contributed by atoms with van der Waals surface area (Å²) in [4.78, 5) is 10.9. The van der Waals surface area contributed by atoms with Crippen molar-refractivity contribution in [2.24, 2.45) is 11.7 Å². The first kappa shape index (κ1) is 6.87. The molecule has 2 saturated heterocycles. The number of fused-ring (bicyclic) bond motifs is 1. The SMILES string of the molecule is NC1NC(=O)NC2NCCC12. The quantitative estimate of drug-likeness (QED) is 0.345. The van der Waals surface area contributed by atoms with Gasteiger partial charge in [0.2, 0.25) is 0 Å². The van der Waals surface area contributed by atoms with Gasteiger partial charge in [-0.15, -0.1) is 0 Å². The number of carbonyl (C=O) groups excluding carboxylic acids is 1. The highest BCUT2D eigenvalue weighted by Gasteiger charge is 2.37. The summed E-state index contributed by atoms with van der Waals surface area (Å²) in [6.07, 6.45) is 0.918.